The summed E-state index contributed by atoms with van der Waals surface area (Å²) in [5.41, 5.74) is 1.66. The van der Waals surface area contributed by atoms with E-state index in [-0.39, 0.29) is 29.7 Å². The number of piperazine rings is 1. The lowest BCUT2D eigenvalue weighted by Gasteiger charge is -2.40. The Hall–Kier alpha value is -1.20. The van der Waals surface area contributed by atoms with Gasteiger partial charge >= 0.3 is 6.61 Å². The van der Waals surface area contributed by atoms with Crippen LogP contribution in [0.5, 0.6) is 5.75 Å². The molecule has 1 fully saturated rings. The number of ether oxygens (including phenoxy) is 1. The predicted molar refractivity (Wildman–Crippen MR) is 129 cm³/mol. The average Bonchev–Trinajstić information content (AvgIpc) is 2.67. The predicted octanol–water partition coefficient (Wildman–Crippen LogP) is 3.15. The fraction of sp³-hybridized carbons (Fsp3) is 0.667. The molecule has 6 nitrogen and oxygen atoms in total. The van der Waals surface area contributed by atoms with Crippen LogP contribution in [0.2, 0.25) is 0 Å². The zero-order valence-electron chi connectivity index (χ0n) is 18.6. The number of benzene rings is 1. The molecule has 1 aliphatic rings. The van der Waals surface area contributed by atoms with Crippen molar-refractivity contribution in [3.05, 3.63) is 29.3 Å². The van der Waals surface area contributed by atoms with Gasteiger partial charge in [0.05, 0.1) is 0 Å². The van der Waals surface area contributed by atoms with Gasteiger partial charge in [-0.25, -0.2) is 0 Å². The van der Waals surface area contributed by atoms with Crippen LogP contribution in [0.1, 0.15) is 25.0 Å². The molecule has 1 saturated heterocycles. The minimum Gasteiger partial charge on any atom is -0.434 e. The van der Waals surface area contributed by atoms with Gasteiger partial charge in [0, 0.05) is 57.9 Å². The lowest BCUT2D eigenvalue weighted by atomic mass is 10.0. The summed E-state index contributed by atoms with van der Waals surface area (Å²) in [6.45, 7) is 8.96. The first-order valence-electron chi connectivity index (χ1n) is 10.2. The first-order valence-corrected chi connectivity index (χ1v) is 10.2. The van der Waals surface area contributed by atoms with E-state index >= 15 is 0 Å². The second-order valence-corrected chi connectivity index (χ2v) is 7.95. The van der Waals surface area contributed by atoms with Gasteiger partial charge < -0.3 is 20.3 Å². The van der Waals surface area contributed by atoms with Gasteiger partial charge in [0.1, 0.15) is 5.75 Å². The van der Waals surface area contributed by atoms with Gasteiger partial charge in [-0.3, -0.25) is 9.89 Å². The molecule has 0 aliphatic carbocycles. The SMILES string of the molecule is CN=C(NCc1cc(C)ccc1OC(F)F)NCC(C(C)C)N1CCN(C)CC1.I. The van der Waals surface area contributed by atoms with Crippen molar-refractivity contribution in [2.45, 2.75) is 40.0 Å². The zero-order chi connectivity index (χ0) is 21.4. The Kier molecular flexibility index (Phi) is 11.9. The average molecular weight is 539 g/mol. The molecule has 30 heavy (non-hydrogen) atoms. The summed E-state index contributed by atoms with van der Waals surface area (Å²) in [7, 11) is 3.87. The molecule has 0 bridgehead atoms. The molecule has 1 heterocycles. The summed E-state index contributed by atoms with van der Waals surface area (Å²) in [5.74, 6) is 1.34. The van der Waals surface area contributed by atoms with Crippen molar-refractivity contribution in [1.29, 1.82) is 0 Å². The van der Waals surface area contributed by atoms with E-state index in [2.05, 4.69) is 51.1 Å². The number of aryl methyl sites for hydroxylation is 1. The van der Waals surface area contributed by atoms with Crippen molar-refractivity contribution < 1.29 is 13.5 Å². The minimum absolute atomic E-state index is 0. The topological polar surface area (TPSA) is 52.1 Å². The highest BCUT2D eigenvalue weighted by molar-refractivity contribution is 14.0. The van der Waals surface area contributed by atoms with Crippen LogP contribution < -0.4 is 15.4 Å². The van der Waals surface area contributed by atoms with Crippen molar-refractivity contribution in [3.8, 4) is 5.75 Å². The maximum absolute atomic E-state index is 12.7. The van der Waals surface area contributed by atoms with Gasteiger partial charge in [-0.1, -0.05) is 31.5 Å². The molecule has 0 radical (unpaired) electrons. The lowest BCUT2D eigenvalue weighted by molar-refractivity contribution is -0.0504. The summed E-state index contributed by atoms with van der Waals surface area (Å²) < 4.78 is 30.0. The molecule has 1 aromatic carbocycles. The summed E-state index contributed by atoms with van der Waals surface area (Å²) >= 11 is 0. The zero-order valence-corrected chi connectivity index (χ0v) is 21.0. The molecule has 2 N–H and O–H groups in total. The van der Waals surface area contributed by atoms with E-state index in [0.717, 1.165) is 38.3 Å². The second kappa shape index (κ2) is 13.3. The van der Waals surface area contributed by atoms with E-state index in [4.69, 9.17) is 0 Å². The third-order valence-electron chi connectivity index (χ3n) is 5.36. The van der Waals surface area contributed by atoms with Gasteiger partial charge in [-0.15, -0.1) is 24.0 Å². The summed E-state index contributed by atoms with van der Waals surface area (Å²) in [6.07, 6.45) is 0. The third kappa shape index (κ3) is 8.50. The fourth-order valence-corrected chi connectivity index (χ4v) is 3.60. The number of rotatable bonds is 8. The van der Waals surface area contributed by atoms with Gasteiger partial charge in [0.15, 0.2) is 5.96 Å². The number of nitrogens with zero attached hydrogens (tertiary/aromatic N) is 3. The molecule has 0 saturated carbocycles. The number of hydrogen-bond donors (Lipinski definition) is 2. The van der Waals surface area contributed by atoms with E-state index < -0.39 is 6.61 Å². The number of halogens is 3. The molecular formula is C21H36F2IN5O. The number of nitrogens with one attached hydrogen (secondary N) is 2. The maximum Gasteiger partial charge on any atom is 0.387 e. The second-order valence-electron chi connectivity index (χ2n) is 7.95. The van der Waals surface area contributed by atoms with Crippen molar-refractivity contribution in [2.75, 3.05) is 46.8 Å². The Balaban J connectivity index is 0.00000450. The van der Waals surface area contributed by atoms with Crippen LogP contribution in [0, 0.1) is 12.8 Å². The Morgan fingerprint density at radius 3 is 2.40 bits per heavy atom. The van der Waals surface area contributed by atoms with E-state index in [0.29, 0.717) is 30.0 Å². The largest absolute Gasteiger partial charge is 0.434 e. The maximum atomic E-state index is 12.7. The van der Waals surface area contributed by atoms with Crippen LogP contribution in [-0.4, -0.2) is 75.2 Å². The van der Waals surface area contributed by atoms with Gasteiger partial charge in [0.2, 0.25) is 0 Å². The number of hydrogen-bond acceptors (Lipinski definition) is 4. The number of alkyl halides is 2. The first kappa shape index (κ1) is 26.8. The Morgan fingerprint density at radius 2 is 1.83 bits per heavy atom. The van der Waals surface area contributed by atoms with Crippen LogP contribution in [0.4, 0.5) is 8.78 Å². The molecule has 1 aromatic rings. The monoisotopic (exact) mass is 539 g/mol. The van der Waals surface area contributed by atoms with Crippen molar-refractivity contribution in [1.82, 2.24) is 20.4 Å². The van der Waals surface area contributed by atoms with Crippen LogP contribution in [-0.2, 0) is 6.54 Å². The summed E-state index contributed by atoms with van der Waals surface area (Å²) in [6, 6.07) is 5.59. The van der Waals surface area contributed by atoms with Gasteiger partial charge in [-0.05, 0) is 26.0 Å². The molecule has 1 unspecified atom stereocenters. The highest BCUT2D eigenvalue weighted by atomic mass is 127. The van der Waals surface area contributed by atoms with Crippen LogP contribution >= 0.6 is 24.0 Å². The number of guanidine groups is 1. The normalized spacial score (nSPS) is 17.0. The Bertz CT molecular complexity index is 667. The van der Waals surface area contributed by atoms with E-state index in [9.17, 15) is 8.78 Å². The quantitative estimate of drug-likeness (QED) is 0.302. The minimum atomic E-state index is -2.84. The molecule has 172 valence electrons. The fourth-order valence-electron chi connectivity index (χ4n) is 3.60. The number of likely N-dealkylation sites (N-methyl/N-ethyl adjacent to an activating group) is 1. The van der Waals surface area contributed by atoms with E-state index in [1.165, 1.54) is 0 Å². The van der Waals surface area contributed by atoms with Crippen molar-refractivity contribution in [3.63, 3.8) is 0 Å². The molecule has 9 heteroatoms. The molecule has 0 amide bonds. The first-order chi connectivity index (χ1) is 13.8. The van der Waals surface area contributed by atoms with Crippen LogP contribution in [0.3, 0.4) is 0 Å². The summed E-state index contributed by atoms with van der Waals surface area (Å²) in [4.78, 5) is 9.16. The number of aliphatic imine (C=N–C) groups is 1. The Labute approximate surface area is 196 Å². The van der Waals surface area contributed by atoms with Crippen molar-refractivity contribution in [2.24, 2.45) is 10.9 Å². The highest BCUT2D eigenvalue weighted by Crippen LogP contribution is 2.22. The van der Waals surface area contributed by atoms with Gasteiger partial charge in [-0.2, -0.15) is 8.78 Å². The molecule has 0 aromatic heterocycles. The molecule has 0 spiro atoms. The smallest absolute Gasteiger partial charge is 0.387 e. The molecular weight excluding hydrogens is 503 g/mol. The van der Waals surface area contributed by atoms with E-state index in [1.54, 1.807) is 19.2 Å². The highest BCUT2D eigenvalue weighted by Gasteiger charge is 2.25. The van der Waals surface area contributed by atoms with Crippen LogP contribution in [0.25, 0.3) is 0 Å². The van der Waals surface area contributed by atoms with Crippen molar-refractivity contribution >= 4 is 29.9 Å². The third-order valence-corrected chi connectivity index (χ3v) is 5.36. The lowest BCUT2D eigenvalue weighted by Crippen LogP contribution is -2.55. The van der Waals surface area contributed by atoms with Gasteiger partial charge in [0.25, 0.3) is 0 Å². The Morgan fingerprint density at radius 1 is 1.17 bits per heavy atom. The van der Waals surface area contributed by atoms with E-state index in [1.807, 2.05) is 13.0 Å². The molecule has 1 aliphatic heterocycles. The molecule has 2 rings (SSSR count). The van der Waals surface area contributed by atoms with Crippen LogP contribution in [0.15, 0.2) is 23.2 Å². The standard InChI is InChI=1S/C21H35F2N5O.HI/c1-15(2)18(28-10-8-27(5)9-11-28)14-26-21(24-4)25-13-17-12-16(3)6-7-19(17)29-20(22)23;/h6-7,12,15,18,20H,8-11,13-14H2,1-5H3,(H2,24,25,26);1H. The molecule has 1 atom stereocenters. The summed E-state index contributed by atoms with van der Waals surface area (Å²) in [5, 5.41) is 6.62.